The first-order valence-corrected chi connectivity index (χ1v) is 9.95. The number of pyridine rings is 1. The molecule has 1 saturated heterocycles. The fraction of sp³-hybridized carbons (Fsp3) is 0.364. The second-order valence-corrected chi connectivity index (χ2v) is 7.63. The van der Waals surface area contributed by atoms with Gasteiger partial charge in [-0.25, -0.2) is 9.37 Å². The van der Waals surface area contributed by atoms with E-state index in [2.05, 4.69) is 26.3 Å². The highest BCUT2D eigenvalue weighted by molar-refractivity contribution is 5.95. The van der Waals surface area contributed by atoms with Gasteiger partial charge in [0.2, 0.25) is 5.91 Å². The summed E-state index contributed by atoms with van der Waals surface area (Å²) in [5.74, 6) is -0.452. The number of halogens is 1. The van der Waals surface area contributed by atoms with Gasteiger partial charge in [0.25, 0.3) is 0 Å². The van der Waals surface area contributed by atoms with Gasteiger partial charge in [-0.05, 0) is 43.7 Å². The van der Waals surface area contributed by atoms with E-state index < -0.39 is 0 Å². The maximum atomic E-state index is 13.5. The summed E-state index contributed by atoms with van der Waals surface area (Å²) in [6.45, 7) is 7.95. The van der Waals surface area contributed by atoms with Crippen LogP contribution in [0.25, 0.3) is 5.65 Å². The Bertz CT molecular complexity index is 976. The minimum Gasteiger partial charge on any atom is -0.324 e. The van der Waals surface area contributed by atoms with Crippen molar-refractivity contribution in [3.63, 3.8) is 0 Å². The van der Waals surface area contributed by atoms with E-state index in [9.17, 15) is 9.18 Å². The smallest absolute Gasteiger partial charge is 0.241 e. The molecule has 1 fully saturated rings. The fourth-order valence-electron chi connectivity index (χ4n) is 3.73. The quantitative estimate of drug-likeness (QED) is 0.722. The number of carbonyl (C=O) groups excluding carboxylic acids is 1. The van der Waals surface area contributed by atoms with Crippen LogP contribution in [0.1, 0.15) is 18.2 Å². The molecule has 1 atom stereocenters. The number of rotatable bonds is 5. The number of amides is 1. The molecular formula is C22H26FN5O. The largest absolute Gasteiger partial charge is 0.324 e. The van der Waals surface area contributed by atoms with E-state index in [0.29, 0.717) is 5.69 Å². The van der Waals surface area contributed by atoms with Crippen LogP contribution in [0.15, 0.2) is 48.8 Å². The molecule has 0 saturated carbocycles. The number of hydrogen-bond acceptors (Lipinski definition) is 4. The Hall–Kier alpha value is -2.77. The average molecular weight is 395 g/mol. The molecule has 1 unspecified atom stereocenters. The van der Waals surface area contributed by atoms with Crippen molar-refractivity contribution in [3.8, 4) is 0 Å². The first-order valence-electron chi connectivity index (χ1n) is 9.95. The number of nitrogens with one attached hydrogen (secondary N) is 1. The van der Waals surface area contributed by atoms with Gasteiger partial charge in [0.05, 0.1) is 11.7 Å². The summed E-state index contributed by atoms with van der Waals surface area (Å²) in [6.07, 6.45) is 4.07. The lowest BCUT2D eigenvalue weighted by molar-refractivity contribution is -0.121. The molecule has 0 bridgehead atoms. The number of benzene rings is 1. The molecule has 0 spiro atoms. The zero-order valence-corrected chi connectivity index (χ0v) is 16.8. The normalized spacial score (nSPS) is 16.8. The molecule has 1 aromatic carbocycles. The van der Waals surface area contributed by atoms with Gasteiger partial charge in [0, 0.05) is 50.8 Å². The van der Waals surface area contributed by atoms with Crippen LogP contribution in [0, 0.1) is 12.7 Å². The van der Waals surface area contributed by atoms with E-state index >= 15 is 0 Å². The third-order valence-corrected chi connectivity index (χ3v) is 5.59. The van der Waals surface area contributed by atoms with Gasteiger partial charge < -0.3 is 9.72 Å². The maximum absolute atomic E-state index is 13.5. The summed E-state index contributed by atoms with van der Waals surface area (Å²) in [5, 5.41) is 2.87. The topological polar surface area (TPSA) is 52.9 Å². The lowest BCUT2D eigenvalue weighted by Gasteiger charge is -2.37. The number of imidazole rings is 1. The van der Waals surface area contributed by atoms with Crippen molar-refractivity contribution < 1.29 is 9.18 Å². The number of carbonyl (C=O) groups is 1. The third-order valence-electron chi connectivity index (χ3n) is 5.59. The van der Waals surface area contributed by atoms with Crippen LogP contribution in [0.4, 0.5) is 10.1 Å². The second-order valence-electron chi connectivity index (χ2n) is 7.63. The van der Waals surface area contributed by atoms with Gasteiger partial charge >= 0.3 is 0 Å². The number of anilines is 1. The van der Waals surface area contributed by atoms with Crippen molar-refractivity contribution in [1.82, 2.24) is 19.2 Å². The summed E-state index contributed by atoms with van der Waals surface area (Å²) in [6, 6.07) is 10.2. The molecule has 7 heteroatoms. The van der Waals surface area contributed by atoms with Crippen LogP contribution < -0.4 is 5.32 Å². The maximum Gasteiger partial charge on any atom is 0.241 e. The Labute approximate surface area is 170 Å². The number of hydrogen-bond donors (Lipinski definition) is 1. The Morgan fingerprint density at radius 2 is 2.00 bits per heavy atom. The molecule has 1 N–H and O–H groups in total. The molecule has 152 valence electrons. The minimum absolute atomic E-state index is 0.104. The Kier molecular flexibility index (Phi) is 5.60. The zero-order chi connectivity index (χ0) is 20.4. The van der Waals surface area contributed by atoms with Crippen LogP contribution in [0.2, 0.25) is 0 Å². The number of aryl methyl sites for hydroxylation is 1. The summed E-state index contributed by atoms with van der Waals surface area (Å²) in [4.78, 5) is 21.8. The molecule has 1 aliphatic heterocycles. The van der Waals surface area contributed by atoms with Gasteiger partial charge in [0.1, 0.15) is 11.5 Å². The molecule has 0 aliphatic carbocycles. The highest BCUT2D eigenvalue weighted by atomic mass is 19.1. The highest BCUT2D eigenvalue weighted by Crippen LogP contribution is 2.18. The first kappa shape index (κ1) is 19.5. The molecule has 4 rings (SSSR count). The van der Waals surface area contributed by atoms with E-state index in [4.69, 9.17) is 0 Å². The van der Waals surface area contributed by atoms with Crippen molar-refractivity contribution in [2.45, 2.75) is 26.4 Å². The summed E-state index contributed by atoms with van der Waals surface area (Å²) < 4.78 is 15.5. The predicted octanol–water partition coefficient (Wildman–Crippen LogP) is 2.93. The lowest BCUT2D eigenvalue weighted by atomic mass is 10.1. The predicted molar refractivity (Wildman–Crippen MR) is 111 cm³/mol. The fourth-order valence-corrected chi connectivity index (χ4v) is 3.73. The molecule has 6 nitrogen and oxygen atoms in total. The van der Waals surface area contributed by atoms with E-state index in [1.54, 1.807) is 6.07 Å². The SMILES string of the molecule is Cc1ccc(F)cc1NC(=O)C(C)N1CCN(Cc2cn3ccccc3n2)CC1. The minimum atomic E-state index is -0.348. The molecule has 3 heterocycles. The lowest BCUT2D eigenvalue weighted by Crippen LogP contribution is -2.52. The van der Waals surface area contributed by atoms with Crippen molar-refractivity contribution in [2.75, 3.05) is 31.5 Å². The summed E-state index contributed by atoms with van der Waals surface area (Å²) in [5.41, 5.74) is 3.40. The van der Waals surface area contributed by atoms with Crippen LogP contribution in [0.3, 0.4) is 0 Å². The number of nitrogens with zero attached hydrogens (tertiary/aromatic N) is 4. The van der Waals surface area contributed by atoms with Crippen LogP contribution >= 0.6 is 0 Å². The monoisotopic (exact) mass is 395 g/mol. The second kappa shape index (κ2) is 8.31. The van der Waals surface area contributed by atoms with Crippen molar-refractivity contribution in [1.29, 1.82) is 0 Å². The van der Waals surface area contributed by atoms with Crippen molar-refractivity contribution >= 4 is 17.2 Å². The molecule has 0 radical (unpaired) electrons. The molecular weight excluding hydrogens is 369 g/mol. The van der Waals surface area contributed by atoms with E-state index in [0.717, 1.165) is 49.6 Å². The molecule has 3 aromatic rings. The highest BCUT2D eigenvalue weighted by Gasteiger charge is 2.26. The van der Waals surface area contributed by atoms with Gasteiger partial charge in [0.15, 0.2) is 0 Å². The van der Waals surface area contributed by atoms with Crippen molar-refractivity contribution in [3.05, 3.63) is 65.9 Å². The van der Waals surface area contributed by atoms with Gasteiger partial charge in [-0.2, -0.15) is 0 Å². The number of piperazine rings is 1. The van der Waals surface area contributed by atoms with E-state index in [1.165, 1.54) is 12.1 Å². The van der Waals surface area contributed by atoms with Crippen LogP contribution in [0.5, 0.6) is 0 Å². The number of fused-ring (bicyclic) bond motifs is 1. The van der Waals surface area contributed by atoms with Gasteiger partial charge in [-0.1, -0.05) is 12.1 Å². The Balaban J connectivity index is 1.31. The first-order chi connectivity index (χ1) is 14.0. The third kappa shape index (κ3) is 4.46. The van der Waals surface area contributed by atoms with E-state index in [1.807, 2.05) is 42.6 Å². The van der Waals surface area contributed by atoms with Gasteiger partial charge in [-0.15, -0.1) is 0 Å². The van der Waals surface area contributed by atoms with Crippen LogP contribution in [-0.4, -0.2) is 57.3 Å². The molecule has 29 heavy (non-hydrogen) atoms. The summed E-state index contributed by atoms with van der Waals surface area (Å²) in [7, 11) is 0. The zero-order valence-electron chi connectivity index (χ0n) is 16.8. The summed E-state index contributed by atoms with van der Waals surface area (Å²) >= 11 is 0. The van der Waals surface area contributed by atoms with Gasteiger partial charge in [-0.3, -0.25) is 14.6 Å². The van der Waals surface area contributed by atoms with E-state index in [-0.39, 0.29) is 17.8 Å². The average Bonchev–Trinajstić information content (AvgIpc) is 3.13. The van der Waals surface area contributed by atoms with Crippen LogP contribution in [-0.2, 0) is 11.3 Å². The standard InChI is InChI=1S/C22H26FN5O/c1-16-6-7-18(23)13-20(16)25-22(29)17(2)27-11-9-26(10-12-27)14-19-15-28-8-4-3-5-21(28)24-19/h3-8,13,15,17H,9-12,14H2,1-2H3,(H,25,29). The molecule has 1 amide bonds. The van der Waals surface area contributed by atoms with Crippen molar-refractivity contribution in [2.24, 2.45) is 0 Å². The number of aromatic nitrogens is 2. The molecule has 2 aromatic heterocycles. The Morgan fingerprint density at radius 1 is 1.21 bits per heavy atom. The molecule has 1 aliphatic rings. The Morgan fingerprint density at radius 3 is 2.76 bits per heavy atom.